The lowest BCUT2D eigenvalue weighted by Gasteiger charge is -2.14. The van der Waals surface area contributed by atoms with Gasteiger partial charge in [0, 0.05) is 24.1 Å². The average Bonchev–Trinajstić information content (AvgIpc) is 2.96. The molecule has 4 heteroatoms. The second-order valence-corrected chi connectivity index (χ2v) is 4.68. The number of carbonyl (C=O) groups is 2. The van der Waals surface area contributed by atoms with Gasteiger partial charge in [0.05, 0.1) is 0 Å². The van der Waals surface area contributed by atoms with E-state index in [0.717, 1.165) is 25.2 Å². The van der Waals surface area contributed by atoms with Crippen molar-refractivity contribution in [3.05, 3.63) is 52.6 Å². The molecule has 4 nitrogen and oxygen atoms in total. The highest BCUT2D eigenvalue weighted by molar-refractivity contribution is 6.27. The number of hydrogen-bond acceptors (Lipinski definition) is 3. The summed E-state index contributed by atoms with van der Waals surface area (Å²) in [5.41, 5.74) is 1.82. The number of hydrogen-bond donors (Lipinski definition) is 0. The number of ketones is 2. The predicted octanol–water partition coefficient (Wildman–Crippen LogP) is 1.60. The van der Waals surface area contributed by atoms with E-state index in [4.69, 9.17) is 0 Å². The van der Waals surface area contributed by atoms with Crippen LogP contribution in [0.25, 0.3) is 0 Å². The highest BCUT2D eigenvalue weighted by atomic mass is 16.1. The lowest BCUT2D eigenvalue weighted by molar-refractivity contribution is 0.0971. The molecular formula is C14H10N2O2. The fourth-order valence-electron chi connectivity index (χ4n) is 2.85. The molecule has 0 bridgehead atoms. The monoisotopic (exact) mass is 238 g/mol. The summed E-state index contributed by atoms with van der Waals surface area (Å²) < 4.78 is 1.91. The molecule has 4 rings (SSSR count). The summed E-state index contributed by atoms with van der Waals surface area (Å²) in [6.45, 7) is 0.791. The SMILES string of the molecule is O=C1c2ccccc2C(=O)c2c1nc1n2CCC1. The molecule has 0 atom stereocenters. The molecule has 2 heterocycles. The van der Waals surface area contributed by atoms with Gasteiger partial charge in [-0.25, -0.2) is 4.98 Å². The molecule has 0 fully saturated rings. The lowest BCUT2D eigenvalue weighted by Crippen LogP contribution is -2.23. The Morgan fingerprint density at radius 3 is 2.56 bits per heavy atom. The van der Waals surface area contributed by atoms with Crippen LogP contribution < -0.4 is 0 Å². The van der Waals surface area contributed by atoms with Crippen molar-refractivity contribution < 1.29 is 9.59 Å². The first-order chi connectivity index (χ1) is 8.77. The zero-order valence-electron chi connectivity index (χ0n) is 9.64. The van der Waals surface area contributed by atoms with Gasteiger partial charge in [-0.1, -0.05) is 24.3 Å². The Morgan fingerprint density at radius 2 is 1.78 bits per heavy atom. The molecule has 0 saturated heterocycles. The van der Waals surface area contributed by atoms with Crippen LogP contribution >= 0.6 is 0 Å². The first-order valence-electron chi connectivity index (χ1n) is 6.05. The van der Waals surface area contributed by atoms with Gasteiger partial charge < -0.3 is 4.57 Å². The number of aryl methyl sites for hydroxylation is 1. The van der Waals surface area contributed by atoms with Gasteiger partial charge in [0.2, 0.25) is 11.6 Å². The molecule has 2 aromatic rings. The molecule has 88 valence electrons. The van der Waals surface area contributed by atoms with E-state index in [9.17, 15) is 9.59 Å². The van der Waals surface area contributed by atoms with Crippen LogP contribution in [-0.4, -0.2) is 21.1 Å². The van der Waals surface area contributed by atoms with Crippen molar-refractivity contribution in [2.45, 2.75) is 19.4 Å². The zero-order chi connectivity index (χ0) is 12.3. The summed E-state index contributed by atoms with van der Waals surface area (Å²) in [6.07, 6.45) is 1.85. The fraction of sp³-hybridized carbons (Fsp3) is 0.214. The third kappa shape index (κ3) is 1.03. The topological polar surface area (TPSA) is 52.0 Å². The molecule has 1 aliphatic carbocycles. The van der Waals surface area contributed by atoms with Crippen LogP contribution in [0.3, 0.4) is 0 Å². The van der Waals surface area contributed by atoms with Crippen LogP contribution in [0, 0.1) is 0 Å². The summed E-state index contributed by atoms with van der Waals surface area (Å²) in [5.74, 6) is 0.678. The van der Waals surface area contributed by atoms with E-state index in [1.165, 1.54) is 0 Å². The average molecular weight is 238 g/mol. The zero-order valence-corrected chi connectivity index (χ0v) is 9.64. The van der Waals surface area contributed by atoms with Gasteiger partial charge in [-0.05, 0) is 6.42 Å². The number of fused-ring (bicyclic) bond motifs is 4. The molecule has 0 spiro atoms. The minimum Gasteiger partial charge on any atom is -0.325 e. The van der Waals surface area contributed by atoms with Crippen molar-refractivity contribution in [3.63, 3.8) is 0 Å². The van der Waals surface area contributed by atoms with Gasteiger partial charge in [0.1, 0.15) is 17.2 Å². The fourth-order valence-corrected chi connectivity index (χ4v) is 2.85. The van der Waals surface area contributed by atoms with Crippen LogP contribution in [0.5, 0.6) is 0 Å². The molecule has 1 aromatic heterocycles. The smallest absolute Gasteiger partial charge is 0.214 e. The van der Waals surface area contributed by atoms with Gasteiger partial charge in [0.15, 0.2) is 0 Å². The van der Waals surface area contributed by atoms with E-state index < -0.39 is 0 Å². The molecule has 1 aliphatic heterocycles. The molecule has 2 aliphatic rings. The highest BCUT2D eigenvalue weighted by Gasteiger charge is 2.36. The van der Waals surface area contributed by atoms with Crippen molar-refractivity contribution in [2.75, 3.05) is 0 Å². The van der Waals surface area contributed by atoms with Crippen LogP contribution in [-0.2, 0) is 13.0 Å². The van der Waals surface area contributed by atoms with Crippen LogP contribution in [0.1, 0.15) is 44.3 Å². The van der Waals surface area contributed by atoms with E-state index >= 15 is 0 Å². The molecular weight excluding hydrogens is 228 g/mol. The molecule has 0 amide bonds. The highest BCUT2D eigenvalue weighted by Crippen LogP contribution is 2.30. The van der Waals surface area contributed by atoms with Crippen molar-refractivity contribution in [2.24, 2.45) is 0 Å². The van der Waals surface area contributed by atoms with E-state index in [2.05, 4.69) is 4.98 Å². The molecule has 18 heavy (non-hydrogen) atoms. The number of aromatic nitrogens is 2. The van der Waals surface area contributed by atoms with Gasteiger partial charge in [-0.15, -0.1) is 0 Å². The minimum atomic E-state index is -0.123. The minimum absolute atomic E-state index is 0.0687. The third-order valence-electron chi connectivity index (χ3n) is 3.68. The molecule has 0 radical (unpaired) electrons. The molecule has 0 N–H and O–H groups in total. The maximum atomic E-state index is 12.5. The Balaban J connectivity index is 2.04. The second-order valence-electron chi connectivity index (χ2n) is 4.68. The molecule has 0 saturated carbocycles. The standard InChI is InChI=1S/C14H10N2O2/c17-13-8-4-1-2-5-9(8)14(18)12-11(13)15-10-6-3-7-16(10)12/h1-2,4-5H,3,6-7H2. The maximum absolute atomic E-state index is 12.5. The number of carbonyl (C=O) groups excluding carboxylic acids is 2. The number of rotatable bonds is 0. The molecule has 0 unspecified atom stereocenters. The second kappa shape index (κ2) is 3.16. The lowest BCUT2D eigenvalue weighted by atomic mass is 9.90. The number of nitrogens with zero attached hydrogens (tertiary/aromatic N) is 2. The first-order valence-corrected chi connectivity index (χ1v) is 6.05. The maximum Gasteiger partial charge on any atom is 0.214 e. The number of benzene rings is 1. The van der Waals surface area contributed by atoms with Crippen molar-refractivity contribution in [3.8, 4) is 0 Å². The van der Waals surface area contributed by atoms with Crippen LogP contribution in [0.15, 0.2) is 24.3 Å². The predicted molar refractivity (Wildman–Crippen MR) is 63.9 cm³/mol. The van der Waals surface area contributed by atoms with E-state index in [-0.39, 0.29) is 11.6 Å². The normalized spacial score (nSPS) is 16.4. The van der Waals surface area contributed by atoms with Crippen LogP contribution in [0.2, 0.25) is 0 Å². The Hall–Kier alpha value is -2.23. The number of imidazole rings is 1. The summed E-state index contributed by atoms with van der Waals surface area (Å²) in [4.78, 5) is 29.1. The van der Waals surface area contributed by atoms with Crippen molar-refractivity contribution >= 4 is 11.6 Å². The Kier molecular flexibility index (Phi) is 1.71. The largest absolute Gasteiger partial charge is 0.325 e. The Morgan fingerprint density at radius 1 is 1.06 bits per heavy atom. The Bertz CT molecular complexity index is 713. The van der Waals surface area contributed by atoms with Crippen molar-refractivity contribution in [1.82, 2.24) is 9.55 Å². The van der Waals surface area contributed by atoms with Crippen molar-refractivity contribution in [1.29, 1.82) is 0 Å². The van der Waals surface area contributed by atoms with Gasteiger partial charge in [-0.3, -0.25) is 9.59 Å². The van der Waals surface area contributed by atoms with Gasteiger partial charge in [0.25, 0.3) is 0 Å². The van der Waals surface area contributed by atoms with E-state index in [1.54, 1.807) is 24.3 Å². The summed E-state index contributed by atoms with van der Waals surface area (Å²) >= 11 is 0. The first kappa shape index (κ1) is 9.76. The van der Waals surface area contributed by atoms with E-state index in [1.807, 2.05) is 4.57 Å². The molecule has 1 aromatic carbocycles. The van der Waals surface area contributed by atoms with Crippen LogP contribution in [0.4, 0.5) is 0 Å². The Labute approximate surface area is 103 Å². The van der Waals surface area contributed by atoms with E-state index in [0.29, 0.717) is 22.5 Å². The van der Waals surface area contributed by atoms with Gasteiger partial charge >= 0.3 is 0 Å². The summed E-state index contributed by atoms with van der Waals surface area (Å²) in [7, 11) is 0. The third-order valence-corrected chi connectivity index (χ3v) is 3.68. The summed E-state index contributed by atoms with van der Waals surface area (Å²) in [5, 5.41) is 0. The quantitative estimate of drug-likeness (QED) is 0.597. The van der Waals surface area contributed by atoms with Gasteiger partial charge in [-0.2, -0.15) is 0 Å². The summed E-state index contributed by atoms with van der Waals surface area (Å²) in [6, 6.07) is 6.98.